The molecule has 2 heterocycles. The Balaban J connectivity index is 1.82. The van der Waals surface area contributed by atoms with Crippen molar-refractivity contribution < 1.29 is 4.74 Å². The highest BCUT2D eigenvalue weighted by Gasteiger charge is 2.08. The quantitative estimate of drug-likeness (QED) is 0.778. The van der Waals surface area contributed by atoms with Crippen molar-refractivity contribution in [3.05, 3.63) is 45.5 Å². The molecule has 2 N–H and O–H groups in total. The molecule has 0 aliphatic carbocycles. The third-order valence-corrected chi connectivity index (χ3v) is 4.19. The van der Waals surface area contributed by atoms with Crippen LogP contribution in [-0.4, -0.2) is 9.97 Å². The molecule has 3 rings (SSSR count). The Kier molecular flexibility index (Phi) is 3.58. The van der Waals surface area contributed by atoms with Crippen molar-refractivity contribution in [3.8, 4) is 5.75 Å². The molecule has 0 saturated heterocycles. The number of aryl methyl sites for hydroxylation is 1. The van der Waals surface area contributed by atoms with Gasteiger partial charge in [-0.2, -0.15) is 0 Å². The number of nitrogens with two attached hydrogens (primary N) is 1. The summed E-state index contributed by atoms with van der Waals surface area (Å²) in [6.07, 6.45) is 0. The molecule has 0 bridgehead atoms. The predicted molar refractivity (Wildman–Crippen MR) is 85.0 cm³/mol. The summed E-state index contributed by atoms with van der Waals surface area (Å²) in [7, 11) is 0. The van der Waals surface area contributed by atoms with E-state index < -0.39 is 0 Å². The van der Waals surface area contributed by atoms with E-state index in [1.807, 2.05) is 36.6 Å². The van der Waals surface area contributed by atoms with Crippen LogP contribution in [0.1, 0.15) is 11.4 Å². The molecule has 3 aromatic rings. The molecule has 0 unspecified atom stereocenters. The van der Waals surface area contributed by atoms with E-state index in [1.54, 1.807) is 11.3 Å². The lowest BCUT2D eigenvalue weighted by Crippen LogP contribution is -2.04. The lowest BCUT2D eigenvalue weighted by Gasteiger charge is -2.09. The standard InChI is InChI=1S/C14H12BrN3OS/c1-8-6-9(15)2-3-11(8)19-7-12-17-13(16)10-4-5-20-14(10)18-12/h2-6H,7H2,1H3,(H2,16,17,18). The fourth-order valence-electron chi connectivity index (χ4n) is 1.91. The van der Waals surface area contributed by atoms with E-state index in [1.165, 1.54) is 0 Å². The maximum absolute atomic E-state index is 5.91. The zero-order valence-electron chi connectivity index (χ0n) is 10.8. The van der Waals surface area contributed by atoms with Gasteiger partial charge in [0.05, 0.1) is 5.39 Å². The van der Waals surface area contributed by atoms with Gasteiger partial charge >= 0.3 is 0 Å². The number of aromatic nitrogens is 2. The first-order chi connectivity index (χ1) is 9.63. The summed E-state index contributed by atoms with van der Waals surface area (Å²) in [5.41, 5.74) is 6.97. The normalized spacial score (nSPS) is 10.9. The molecular formula is C14H12BrN3OS. The molecule has 4 nitrogen and oxygen atoms in total. The second kappa shape index (κ2) is 5.38. The Hall–Kier alpha value is -1.66. The molecule has 6 heteroatoms. The van der Waals surface area contributed by atoms with E-state index in [9.17, 15) is 0 Å². The average Bonchev–Trinajstić information content (AvgIpc) is 2.86. The van der Waals surface area contributed by atoms with Gasteiger partial charge in [0.1, 0.15) is 23.0 Å². The van der Waals surface area contributed by atoms with Gasteiger partial charge in [-0.15, -0.1) is 11.3 Å². The van der Waals surface area contributed by atoms with Gasteiger partial charge in [0.25, 0.3) is 0 Å². The highest BCUT2D eigenvalue weighted by atomic mass is 79.9. The monoisotopic (exact) mass is 349 g/mol. The van der Waals surface area contributed by atoms with Crippen LogP contribution in [0.15, 0.2) is 34.1 Å². The van der Waals surface area contributed by atoms with E-state index in [4.69, 9.17) is 10.5 Å². The van der Waals surface area contributed by atoms with Crippen LogP contribution in [0, 0.1) is 6.92 Å². The average molecular weight is 350 g/mol. The summed E-state index contributed by atoms with van der Waals surface area (Å²) in [6, 6.07) is 7.80. The van der Waals surface area contributed by atoms with Crippen LogP contribution in [0.4, 0.5) is 5.82 Å². The lowest BCUT2D eigenvalue weighted by molar-refractivity contribution is 0.294. The molecule has 2 aromatic heterocycles. The minimum absolute atomic E-state index is 0.306. The lowest BCUT2D eigenvalue weighted by atomic mass is 10.2. The minimum atomic E-state index is 0.306. The molecule has 0 amide bonds. The summed E-state index contributed by atoms with van der Waals surface area (Å²) >= 11 is 4.98. The number of ether oxygens (including phenoxy) is 1. The molecule has 0 atom stereocenters. The summed E-state index contributed by atoms with van der Waals surface area (Å²) in [6.45, 7) is 2.30. The van der Waals surface area contributed by atoms with Gasteiger partial charge in [-0.1, -0.05) is 15.9 Å². The molecule has 0 radical (unpaired) electrons. The number of hydrogen-bond donors (Lipinski definition) is 1. The molecule has 0 spiro atoms. The van der Waals surface area contributed by atoms with Crippen molar-refractivity contribution in [1.29, 1.82) is 0 Å². The molecule has 0 fully saturated rings. The van der Waals surface area contributed by atoms with Crippen molar-refractivity contribution in [2.45, 2.75) is 13.5 Å². The van der Waals surface area contributed by atoms with Gasteiger partial charge in [0, 0.05) is 4.47 Å². The third kappa shape index (κ3) is 2.62. The molecular weight excluding hydrogens is 338 g/mol. The third-order valence-electron chi connectivity index (χ3n) is 2.89. The van der Waals surface area contributed by atoms with E-state index in [2.05, 4.69) is 25.9 Å². The first-order valence-electron chi connectivity index (χ1n) is 6.02. The first kappa shape index (κ1) is 13.3. The first-order valence-corrected chi connectivity index (χ1v) is 7.69. The molecule has 20 heavy (non-hydrogen) atoms. The van der Waals surface area contributed by atoms with Crippen LogP contribution in [0.5, 0.6) is 5.75 Å². The summed E-state index contributed by atoms with van der Waals surface area (Å²) in [4.78, 5) is 9.62. The van der Waals surface area contributed by atoms with Gasteiger partial charge < -0.3 is 10.5 Å². The Bertz CT molecular complexity index is 772. The van der Waals surface area contributed by atoms with Crippen molar-refractivity contribution in [1.82, 2.24) is 9.97 Å². The Morgan fingerprint density at radius 2 is 2.15 bits per heavy atom. The predicted octanol–water partition coefficient (Wildman–Crippen LogP) is 3.92. The highest BCUT2D eigenvalue weighted by Crippen LogP contribution is 2.25. The minimum Gasteiger partial charge on any atom is -0.485 e. The number of halogens is 1. The van der Waals surface area contributed by atoms with E-state index >= 15 is 0 Å². The molecule has 102 valence electrons. The van der Waals surface area contributed by atoms with Gasteiger partial charge in [-0.3, -0.25) is 0 Å². The fraction of sp³-hybridized carbons (Fsp3) is 0.143. The number of rotatable bonds is 3. The smallest absolute Gasteiger partial charge is 0.169 e. The van der Waals surface area contributed by atoms with Crippen molar-refractivity contribution in [2.24, 2.45) is 0 Å². The molecule has 1 aromatic carbocycles. The van der Waals surface area contributed by atoms with Crippen LogP contribution < -0.4 is 10.5 Å². The number of nitrogens with zero attached hydrogens (tertiary/aromatic N) is 2. The van der Waals surface area contributed by atoms with Gasteiger partial charge in [0.2, 0.25) is 0 Å². The highest BCUT2D eigenvalue weighted by molar-refractivity contribution is 9.10. The van der Waals surface area contributed by atoms with Crippen LogP contribution in [0.2, 0.25) is 0 Å². The van der Waals surface area contributed by atoms with E-state index in [0.29, 0.717) is 18.2 Å². The molecule has 0 aliphatic heterocycles. The number of hydrogen-bond acceptors (Lipinski definition) is 5. The molecule has 0 saturated carbocycles. The topological polar surface area (TPSA) is 61.0 Å². The van der Waals surface area contributed by atoms with Gasteiger partial charge in [-0.05, 0) is 42.1 Å². The Labute approximate surface area is 128 Å². The number of thiophene rings is 1. The molecule has 0 aliphatic rings. The van der Waals surface area contributed by atoms with Crippen LogP contribution in [-0.2, 0) is 6.61 Å². The number of benzene rings is 1. The number of nitrogen functional groups attached to an aromatic ring is 1. The van der Waals surface area contributed by atoms with E-state index in [-0.39, 0.29) is 0 Å². The van der Waals surface area contributed by atoms with Crippen molar-refractivity contribution in [2.75, 3.05) is 5.73 Å². The van der Waals surface area contributed by atoms with Crippen molar-refractivity contribution >= 4 is 43.3 Å². The van der Waals surface area contributed by atoms with Crippen molar-refractivity contribution in [3.63, 3.8) is 0 Å². The van der Waals surface area contributed by atoms with Gasteiger partial charge in [-0.25, -0.2) is 9.97 Å². The van der Waals surface area contributed by atoms with Crippen LogP contribution >= 0.6 is 27.3 Å². The largest absolute Gasteiger partial charge is 0.485 e. The second-order valence-electron chi connectivity index (χ2n) is 4.36. The zero-order chi connectivity index (χ0) is 14.1. The van der Waals surface area contributed by atoms with Crippen LogP contribution in [0.25, 0.3) is 10.2 Å². The summed E-state index contributed by atoms with van der Waals surface area (Å²) in [5.74, 6) is 1.92. The van der Waals surface area contributed by atoms with Crippen LogP contribution in [0.3, 0.4) is 0 Å². The fourth-order valence-corrected chi connectivity index (χ4v) is 3.17. The Morgan fingerprint density at radius 1 is 1.30 bits per heavy atom. The Morgan fingerprint density at radius 3 is 2.95 bits per heavy atom. The number of fused-ring (bicyclic) bond motifs is 1. The summed E-state index contributed by atoms with van der Waals surface area (Å²) < 4.78 is 6.79. The van der Waals surface area contributed by atoms with Gasteiger partial charge in [0.15, 0.2) is 5.82 Å². The summed E-state index contributed by atoms with van der Waals surface area (Å²) in [5, 5.41) is 2.86. The SMILES string of the molecule is Cc1cc(Br)ccc1OCc1nc(N)c2ccsc2n1. The zero-order valence-corrected chi connectivity index (χ0v) is 13.2. The maximum Gasteiger partial charge on any atom is 0.169 e. The second-order valence-corrected chi connectivity index (χ2v) is 6.17. The van der Waals surface area contributed by atoms with E-state index in [0.717, 1.165) is 26.0 Å². The maximum atomic E-state index is 5.91. The number of anilines is 1.